The third kappa shape index (κ3) is 4.00. The number of aryl methyl sites for hydroxylation is 1. The third-order valence-electron chi connectivity index (χ3n) is 2.61. The quantitative estimate of drug-likeness (QED) is 0.480. The molecule has 1 aromatic carbocycles. The first kappa shape index (κ1) is 14.9. The van der Waals surface area contributed by atoms with Crippen molar-refractivity contribution < 1.29 is 9.66 Å². The van der Waals surface area contributed by atoms with Gasteiger partial charge in [-0.2, -0.15) is 4.98 Å². The van der Waals surface area contributed by atoms with E-state index in [1.165, 1.54) is 6.92 Å². The van der Waals surface area contributed by atoms with Crippen LogP contribution in [0.25, 0.3) is 6.08 Å². The molecule has 0 saturated heterocycles. The molecule has 0 bridgehead atoms. The van der Waals surface area contributed by atoms with Crippen molar-refractivity contribution in [2.45, 2.75) is 6.92 Å². The van der Waals surface area contributed by atoms with Crippen LogP contribution in [0.2, 0.25) is 5.28 Å². The Bertz CT molecular complexity index is 675. The minimum atomic E-state index is -0.581. The zero-order valence-corrected chi connectivity index (χ0v) is 11.9. The topological polar surface area (TPSA) is 78.2 Å². The molecule has 0 unspecified atom stereocenters. The molecule has 0 fully saturated rings. The van der Waals surface area contributed by atoms with Gasteiger partial charge in [-0.3, -0.25) is 10.1 Å². The van der Waals surface area contributed by atoms with Gasteiger partial charge >= 0.3 is 5.69 Å². The summed E-state index contributed by atoms with van der Waals surface area (Å²) in [5.74, 6) is -0.129. The van der Waals surface area contributed by atoms with E-state index in [1.807, 2.05) is 36.4 Å². The van der Waals surface area contributed by atoms with E-state index in [1.54, 1.807) is 6.08 Å². The smallest absolute Gasteiger partial charge is 0.352 e. The molecular formula is C14H12ClN3O3. The fourth-order valence-electron chi connectivity index (χ4n) is 1.69. The molecule has 6 nitrogen and oxygen atoms in total. The first-order valence-electron chi connectivity index (χ1n) is 6.11. The molecule has 0 saturated carbocycles. The zero-order chi connectivity index (χ0) is 15.2. The van der Waals surface area contributed by atoms with Gasteiger partial charge in [-0.25, -0.2) is 4.98 Å². The lowest BCUT2D eigenvalue weighted by Crippen LogP contribution is -2.04. The third-order valence-corrected chi connectivity index (χ3v) is 2.78. The predicted octanol–water partition coefficient (Wildman–Crippen LogP) is 3.44. The standard InChI is InChI=1S/C14H12ClN3O3/c1-10-12(18(19)20)13(17-14(15)16-10)21-9-5-8-11-6-3-2-4-7-11/h2-8H,9H2,1H3/b8-5+. The summed E-state index contributed by atoms with van der Waals surface area (Å²) < 4.78 is 5.32. The summed E-state index contributed by atoms with van der Waals surface area (Å²) in [6.07, 6.45) is 3.59. The largest absolute Gasteiger partial charge is 0.468 e. The highest BCUT2D eigenvalue weighted by Gasteiger charge is 2.22. The van der Waals surface area contributed by atoms with E-state index in [0.717, 1.165) is 5.56 Å². The van der Waals surface area contributed by atoms with Crippen molar-refractivity contribution in [2.75, 3.05) is 6.61 Å². The van der Waals surface area contributed by atoms with Crippen LogP contribution in [0.5, 0.6) is 5.88 Å². The second-order valence-electron chi connectivity index (χ2n) is 4.11. The summed E-state index contributed by atoms with van der Waals surface area (Å²) >= 11 is 5.69. The van der Waals surface area contributed by atoms with Gasteiger partial charge in [0.05, 0.1) is 4.92 Å². The summed E-state index contributed by atoms with van der Waals surface area (Å²) in [5, 5.41) is 10.9. The molecule has 0 aliphatic carbocycles. The average molecular weight is 306 g/mol. The van der Waals surface area contributed by atoms with Crippen LogP contribution in [0.3, 0.4) is 0 Å². The minimum Gasteiger partial charge on any atom is -0.468 e. The summed E-state index contributed by atoms with van der Waals surface area (Å²) in [6.45, 7) is 1.63. The molecule has 0 radical (unpaired) electrons. The van der Waals surface area contributed by atoms with Crippen molar-refractivity contribution >= 4 is 23.4 Å². The highest BCUT2D eigenvalue weighted by molar-refractivity contribution is 6.28. The fourth-order valence-corrected chi connectivity index (χ4v) is 1.90. The molecule has 1 aromatic heterocycles. The Hall–Kier alpha value is -2.47. The highest BCUT2D eigenvalue weighted by Crippen LogP contribution is 2.28. The first-order valence-corrected chi connectivity index (χ1v) is 6.48. The molecular weight excluding hydrogens is 294 g/mol. The first-order chi connectivity index (χ1) is 10.1. The summed E-state index contributed by atoms with van der Waals surface area (Å²) in [6, 6.07) is 9.62. The van der Waals surface area contributed by atoms with Crippen molar-refractivity contribution in [3.05, 3.63) is 63.1 Å². The SMILES string of the molecule is Cc1nc(Cl)nc(OC/C=C/c2ccccc2)c1[N+](=O)[O-]. The van der Waals surface area contributed by atoms with Gasteiger partial charge in [0, 0.05) is 0 Å². The van der Waals surface area contributed by atoms with E-state index < -0.39 is 4.92 Å². The molecule has 108 valence electrons. The van der Waals surface area contributed by atoms with E-state index in [4.69, 9.17) is 16.3 Å². The summed E-state index contributed by atoms with van der Waals surface area (Å²) in [7, 11) is 0. The lowest BCUT2D eigenvalue weighted by atomic mass is 10.2. The number of benzene rings is 1. The van der Waals surface area contributed by atoms with Crippen LogP contribution >= 0.6 is 11.6 Å². The Balaban J connectivity index is 2.10. The van der Waals surface area contributed by atoms with Gasteiger partial charge in [-0.15, -0.1) is 0 Å². The van der Waals surface area contributed by atoms with Crippen LogP contribution in [0.1, 0.15) is 11.3 Å². The number of nitrogens with zero attached hydrogens (tertiary/aromatic N) is 3. The number of ether oxygens (including phenoxy) is 1. The Morgan fingerprint density at radius 1 is 1.33 bits per heavy atom. The minimum absolute atomic E-state index is 0.0832. The highest BCUT2D eigenvalue weighted by atomic mass is 35.5. The van der Waals surface area contributed by atoms with Gasteiger partial charge in [-0.1, -0.05) is 36.4 Å². The predicted molar refractivity (Wildman–Crippen MR) is 79.4 cm³/mol. The Kier molecular flexibility index (Phi) is 4.84. The maximum atomic E-state index is 11.0. The van der Waals surface area contributed by atoms with Crippen molar-refractivity contribution in [2.24, 2.45) is 0 Å². The van der Waals surface area contributed by atoms with E-state index in [0.29, 0.717) is 0 Å². The van der Waals surface area contributed by atoms with Crippen molar-refractivity contribution in [3.63, 3.8) is 0 Å². The molecule has 0 amide bonds. The number of rotatable bonds is 5. The molecule has 0 N–H and O–H groups in total. The van der Waals surface area contributed by atoms with Crippen LogP contribution in [0, 0.1) is 17.0 Å². The van der Waals surface area contributed by atoms with Gasteiger partial charge in [0.15, 0.2) is 0 Å². The van der Waals surface area contributed by atoms with Crippen LogP contribution in [0.15, 0.2) is 36.4 Å². The van der Waals surface area contributed by atoms with Crippen LogP contribution in [0.4, 0.5) is 5.69 Å². The number of aromatic nitrogens is 2. The number of hydrogen-bond acceptors (Lipinski definition) is 5. The summed E-state index contributed by atoms with van der Waals surface area (Å²) in [4.78, 5) is 17.9. The van der Waals surface area contributed by atoms with E-state index in [9.17, 15) is 10.1 Å². The molecule has 2 aromatic rings. The molecule has 7 heteroatoms. The lowest BCUT2D eigenvalue weighted by Gasteiger charge is -2.05. The Morgan fingerprint density at radius 2 is 2.05 bits per heavy atom. The van der Waals surface area contributed by atoms with Crippen molar-refractivity contribution in [3.8, 4) is 5.88 Å². The molecule has 21 heavy (non-hydrogen) atoms. The Labute approximate surface area is 126 Å². The van der Waals surface area contributed by atoms with Crippen LogP contribution in [-0.2, 0) is 0 Å². The average Bonchev–Trinajstić information content (AvgIpc) is 2.43. The Morgan fingerprint density at radius 3 is 2.71 bits per heavy atom. The van der Waals surface area contributed by atoms with Crippen LogP contribution < -0.4 is 4.74 Å². The lowest BCUT2D eigenvalue weighted by molar-refractivity contribution is -0.387. The van der Waals surface area contributed by atoms with Crippen molar-refractivity contribution in [1.29, 1.82) is 0 Å². The van der Waals surface area contributed by atoms with Gasteiger partial charge in [-0.05, 0) is 30.2 Å². The van der Waals surface area contributed by atoms with Gasteiger partial charge < -0.3 is 4.74 Å². The molecule has 0 atom stereocenters. The maximum absolute atomic E-state index is 11.0. The second kappa shape index (κ2) is 6.81. The maximum Gasteiger partial charge on any atom is 0.352 e. The van der Waals surface area contributed by atoms with Crippen molar-refractivity contribution in [1.82, 2.24) is 9.97 Å². The van der Waals surface area contributed by atoms with E-state index >= 15 is 0 Å². The monoisotopic (exact) mass is 305 g/mol. The van der Waals surface area contributed by atoms with Crippen LogP contribution in [-0.4, -0.2) is 21.5 Å². The zero-order valence-electron chi connectivity index (χ0n) is 11.2. The molecule has 0 aliphatic rings. The molecule has 1 heterocycles. The van der Waals surface area contributed by atoms with Gasteiger partial charge in [0.25, 0.3) is 5.88 Å². The van der Waals surface area contributed by atoms with Gasteiger partial charge in [0.2, 0.25) is 5.28 Å². The van der Waals surface area contributed by atoms with E-state index in [-0.39, 0.29) is 29.2 Å². The molecule has 2 rings (SSSR count). The fraction of sp³-hybridized carbons (Fsp3) is 0.143. The molecule has 0 aliphatic heterocycles. The van der Waals surface area contributed by atoms with E-state index in [2.05, 4.69) is 9.97 Å². The molecule has 0 spiro atoms. The van der Waals surface area contributed by atoms with Gasteiger partial charge in [0.1, 0.15) is 12.3 Å². The normalized spacial score (nSPS) is 10.8. The number of halogens is 1. The second-order valence-corrected chi connectivity index (χ2v) is 4.45. The number of nitro groups is 1. The summed E-state index contributed by atoms with van der Waals surface area (Å²) in [5.41, 5.74) is 0.905. The number of hydrogen-bond donors (Lipinski definition) is 0.